The van der Waals surface area contributed by atoms with E-state index in [1.54, 1.807) is 18.2 Å². The highest BCUT2D eigenvalue weighted by Gasteiger charge is 2.12. The second-order valence-electron chi connectivity index (χ2n) is 3.99. The SMILES string of the molecule is O=C(On1c(=O)ccc2ccccc21)c1cnccn1. The van der Waals surface area contributed by atoms with Crippen LogP contribution in [0, 0.1) is 0 Å². The Hall–Kier alpha value is -3.02. The van der Waals surface area contributed by atoms with E-state index >= 15 is 0 Å². The monoisotopic (exact) mass is 267 g/mol. The van der Waals surface area contributed by atoms with Crippen LogP contribution in [0.15, 0.2) is 59.8 Å². The maximum Gasteiger partial charge on any atom is 0.383 e. The topological polar surface area (TPSA) is 74.1 Å². The van der Waals surface area contributed by atoms with Crippen molar-refractivity contribution in [1.82, 2.24) is 14.7 Å². The Morgan fingerprint density at radius 1 is 1.10 bits per heavy atom. The lowest BCUT2D eigenvalue weighted by Gasteiger charge is -2.08. The van der Waals surface area contributed by atoms with Gasteiger partial charge in [0.15, 0.2) is 5.69 Å². The standard InChI is InChI=1S/C14H9N3O3/c18-13-6-5-10-3-1-2-4-12(10)17(13)20-14(19)11-9-15-7-8-16-11/h1-9H. The molecule has 0 unspecified atom stereocenters. The smallest absolute Gasteiger partial charge is 0.326 e. The number of carbonyl (C=O) groups excluding carboxylic acids is 1. The van der Waals surface area contributed by atoms with Crippen LogP contribution in [0.1, 0.15) is 10.5 Å². The van der Waals surface area contributed by atoms with Gasteiger partial charge < -0.3 is 4.84 Å². The van der Waals surface area contributed by atoms with Gasteiger partial charge in [0, 0.05) is 23.8 Å². The Morgan fingerprint density at radius 2 is 1.95 bits per heavy atom. The average Bonchev–Trinajstić information content (AvgIpc) is 2.51. The van der Waals surface area contributed by atoms with Gasteiger partial charge in [-0.3, -0.25) is 9.78 Å². The molecule has 0 amide bonds. The van der Waals surface area contributed by atoms with Gasteiger partial charge in [-0.05, 0) is 12.1 Å². The van der Waals surface area contributed by atoms with Crippen LogP contribution in [0.5, 0.6) is 0 Å². The molecule has 0 fully saturated rings. The van der Waals surface area contributed by atoms with Gasteiger partial charge in [0.2, 0.25) is 0 Å². The van der Waals surface area contributed by atoms with Crippen LogP contribution in [-0.2, 0) is 0 Å². The molecule has 2 aromatic heterocycles. The molecule has 2 heterocycles. The molecule has 3 rings (SSSR count). The lowest BCUT2D eigenvalue weighted by molar-refractivity contribution is 0.0458. The Kier molecular flexibility index (Phi) is 2.96. The number of hydrogen-bond acceptors (Lipinski definition) is 5. The molecule has 6 nitrogen and oxygen atoms in total. The zero-order valence-corrected chi connectivity index (χ0v) is 10.3. The number of rotatable bonds is 2. The summed E-state index contributed by atoms with van der Waals surface area (Å²) >= 11 is 0. The van der Waals surface area contributed by atoms with E-state index in [0.29, 0.717) is 5.52 Å². The number of para-hydroxylation sites is 1. The summed E-state index contributed by atoms with van der Waals surface area (Å²) in [5, 5.41) is 0.791. The fourth-order valence-electron chi connectivity index (χ4n) is 1.79. The highest BCUT2D eigenvalue weighted by atomic mass is 16.7. The molecular formula is C14H9N3O3. The van der Waals surface area contributed by atoms with E-state index in [1.165, 1.54) is 24.7 Å². The summed E-state index contributed by atoms with van der Waals surface area (Å²) in [7, 11) is 0. The zero-order valence-electron chi connectivity index (χ0n) is 10.3. The molecule has 0 saturated carbocycles. The van der Waals surface area contributed by atoms with Crippen LogP contribution < -0.4 is 10.4 Å². The van der Waals surface area contributed by atoms with Gasteiger partial charge in [0.25, 0.3) is 5.56 Å². The third-order valence-electron chi connectivity index (χ3n) is 2.71. The van der Waals surface area contributed by atoms with E-state index in [1.807, 2.05) is 12.1 Å². The summed E-state index contributed by atoms with van der Waals surface area (Å²) in [5.74, 6) is -0.739. The Morgan fingerprint density at radius 3 is 2.75 bits per heavy atom. The molecule has 3 aromatic rings. The lowest BCUT2D eigenvalue weighted by Crippen LogP contribution is -2.31. The molecule has 0 aliphatic carbocycles. The van der Waals surface area contributed by atoms with Crippen molar-refractivity contribution in [3.63, 3.8) is 0 Å². The highest BCUT2D eigenvalue weighted by molar-refractivity contribution is 5.88. The lowest BCUT2D eigenvalue weighted by atomic mass is 10.2. The molecule has 0 aliphatic heterocycles. The number of nitrogens with zero attached hydrogens (tertiary/aromatic N) is 3. The second-order valence-corrected chi connectivity index (χ2v) is 3.99. The van der Waals surface area contributed by atoms with Crippen molar-refractivity contribution >= 4 is 16.9 Å². The van der Waals surface area contributed by atoms with Crippen LogP contribution in [0.4, 0.5) is 0 Å². The fourth-order valence-corrected chi connectivity index (χ4v) is 1.79. The molecule has 20 heavy (non-hydrogen) atoms. The normalized spacial score (nSPS) is 10.4. The van der Waals surface area contributed by atoms with E-state index in [4.69, 9.17) is 4.84 Å². The molecule has 0 bridgehead atoms. The van der Waals surface area contributed by atoms with E-state index in [9.17, 15) is 9.59 Å². The zero-order chi connectivity index (χ0) is 13.9. The van der Waals surface area contributed by atoms with Crippen LogP contribution in [0.25, 0.3) is 10.9 Å². The summed E-state index contributed by atoms with van der Waals surface area (Å²) in [5.41, 5.74) is 0.116. The summed E-state index contributed by atoms with van der Waals surface area (Å²) in [6.07, 6.45) is 4.10. The van der Waals surface area contributed by atoms with Crippen LogP contribution >= 0.6 is 0 Å². The molecule has 0 saturated heterocycles. The van der Waals surface area contributed by atoms with Crippen LogP contribution in [0.3, 0.4) is 0 Å². The van der Waals surface area contributed by atoms with Gasteiger partial charge in [-0.15, -0.1) is 4.73 Å². The van der Waals surface area contributed by atoms with E-state index in [2.05, 4.69) is 9.97 Å². The van der Waals surface area contributed by atoms with Gasteiger partial charge in [-0.2, -0.15) is 0 Å². The third-order valence-corrected chi connectivity index (χ3v) is 2.71. The van der Waals surface area contributed by atoms with Gasteiger partial charge in [0.05, 0.1) is 11.7 Å². The maximum atomic E-state index is 11.9. The molecule has 6 heteroatoms. The molecule has 0 N–H and O–H groups in total. The fraction of sp³-hybridized carbons (Fsp3) is 0. The van der Waals surface area contributed by atoms with E-state index < -0.39 is 11.5 Å². The molecule has 0 atom stereocenters. The first-order chi connectivity index (χ1) is 9.75. The molecule has 0 spiro atoms. The Labute approximate surface area is 113 Å². The number of carbonyl (C=O) groups is 1. The first kappa shape index (κ1) is 12.0. The van der Waals surface area contributed by atoms with Crippen molar-refractivity contribution < 1.29 is 9.63 Å². The van der Waals surface area contributed by atoms with E-state index in [-0.39, 0.29) is 5.69 Å². The molecular weight excluding hydrogens is 258 g/mol. The number of pyridine rings is 1. The predicted molar refractivity (Wildman–Crippen MR) is 71.2 cm³/mol. The first-order valence-corrected chi connectivity index (χ1v) is 5.85. The molecule has 98 valence electrons. The summed E-state index contributed by atoms with van der Waals surface area (Å²) in [6, 6.07) is 10.1. The molecule has 0 radical (unpaired) electrons. The summed E-state index contributed by atoms with van der Waals surface area (Å²) in [6.45, 7) is 0. The minimum Gasteiger partial charge on any atom is -0.326 e. The quantitative estimate of drug-likeness (QED) is 0.694. The van der Waals surface area contributed by atoms with Gasteiger partial charge in [0.1, 0.15) is 0 Å². The predicted octanol–water partition coefficient (Wildman–Crippen LogP) is 1.06. The van der Waals surface area contributed by atoms with Crippen molar-refractivity contribution in [2.24, 2.45) is 0 Å². The van der Waals surface area contributed by atoms with Crippen molar-refractivity contribution in [3.8, 4) is 0 Å². The minimum absolute atomic E-state index is 0.0346. The minimum atomic E-state index is -0.739. The van der Waals surface area contributed by atoms with Crippen LogP contribution in [-0.4, -0.2) is 20.7 Å². The van der Waals surface area contributed by atoms with Gasteiger partial charge in [-0.1, -0.05) is 18.2 Å². The molecule has 1 aromatic carbocycles. The maximum absolute atomic E-state index is 11.9. The first-order valence-electron chi connectivity index (χ1n) is 5.85. The van der Waals surface area contributed by atoms with Gasteiger partial charge >= 0.3 is 5.97 Å². The van der Waals surface area contributed by atoms with Crippen molar-refractivity contribution in [1.29, 1.82) is 0 Å². The van der Waals surface area contributed by atoms with Gasteiger partial charge in [-0.25, -0.2) is 9.78 Å². The molecule has 0 aliphatic rings. The number of benzene rings is 1. The highest BCUT2D eigenvalue weighted by Crippen LogP contribution is 2.10. The Balaban J connectivity index is 2.05. The second kappa shape index (κ2) is 4.93. The largest absolute Gasteiger partial charge is 0.383 e. The Bertz CT molecular complexity index is 828. The summed E-state index contributed by atoms with van der Waals surface area (Å²) < 4.78 is 0.951. The number of fused-ring (bicyclic) bond motifs is 1. The summed E-state index contributed by atoms with van der Waals surface area (Å²) in [4.78, 5) is 36.5. The number of hydrogen-bond donors (Lipinski definition) is 0. The third kappa shape index (κ3) is 2.14. The van der Waals surface area contributed by atoms with E-state index in [0.717, 1.165) is 10.1 Å². The van der Waals surface area contributed by atoms with Crippen molar-refractivity contribution in [2.45, 2.75) is 0 Å². The van der Waals surface area contributed by atoms with Crippen molar-refractivity contribution in [2.75, 3.05) is 0 Å². The average molecular weight is 267 g/mol. The van der Waals surface area contributed by atoms with Crippen LogP contribution in [0.2, 0.25) is 0 Å². The number of aromatic nitrogens is 3. The van der Waals surface area contributed by atoms with Crippen molar-refractivity contribution in [3.05, 3.63) is 71.0 Å².